The molecular formula is C15H14N2O3S2. The second-order valence-electron chi connectivity index (χ2n) is 4.35. The molecule has 114 valence electrons. The summed E-state index contributed by atoms with van der Waals surface area (Å²) in [7, 11) is 0. The first-order valence-corrected chi connectivity index (χ1v) is 8.29. The van der Waals surface area contributed by atoms with Crippen LogP contribution in [0.1, 0.15) is 16.6 Å². The summed E-state index contributed by atoms with van der Waals surface area (Å²) in [6.45, 7) is 1.44. The van der Waals surface area contributed by atoms with Crippen molar-refractivity contribution in [2.45, 2.75) is 11.8 Å². The summed E-state index contributed by atoms with van der Waals surface area (Å²) in [6.07, 6.45) is 0. The summed E-state index contributed by atoms with van der Waals surface area (Å²) in [6, 6.07) is 10.6. The number of benzene rings is 1. The zero-order chi connectivity index (χ0) is 15.9. The average Bonchev–Trinajstić information content (AvgIpc) is 3.00. The van der Waals surface area contributed by atoms with Crippen molar-refractivity contribution in [2.75, 3.05) is 11.1 Å². The molecule has 0 bridgehead atoms. The van der Waals surface area contributed by atoms with Crippen LogP contribution in [0, 0.1) is 0 Å². The largest absolute Gasteiger partial charge is 0.326 e. The maximum atomic E-state index is 11.7. The molecule has 3 amide bonds. The molecule has 1 aromatic carbocycles. The lowest BCUT2D eigenvalue weighted by molar-refractivity contribution is -0.117. The predicted molar refractivity (Wildman–Crippen MR) is 88.3 cm³/mol. The van der Waals surface area contributed by atoms with E-state index in [0.29, 0.717) is 10.6 Å². The molecule has 22 heavy (non-hydrogen) atoms. The third kappa shape index (κ3) is 5.01. The van der Waals surface area contributed by atoms with Crippen molar-refractivity contribution in [3.05, 3.63) is 46.7 Å². The van der Waals surface area contributed by atoms with Gasteiger partial charge in [0.15, 0.2) is 0 Å². The number of thiophene rings is 1. The Morgan fingerprint density at radius 2 is 1.86 bits per heavy atom. The minimum atomic E-state index is -0.374. The first-order chi connectivity index (χ1) is 10.5. The van der Waals surface area contributed by atoms with Gasteiger partial charge in [-0.3, -0.25) is 19.7 Å². The molecule has 0 aliphatic carbocycles. The fourth-order valence-electron chi connectivity index (χ4n) is 1.62. The van der Waals surface area contributed by atoms with Crippen molar-refractivity contribution < 1.29 is 14.4 Å². The topological polar surface area (TPSA) is 75.3 Å². The van der Waals surface area contributed by atoms with Crippen LogP contribution in [-0.4, -0.2) is 23.5 Å². The summed E-state index contributed by atoms with van der Waals surface area (Å²) in [5, 5.41) is 6.79. The molecule has 1 aromatic heterocycles. The van der Waals surface area contributed by atoms with Gasteiger partial charge >= 0.3 is 0 Å². The lowest BCUT2D eigenvalue weighted by Gasteiger charge is -2.05. The fourth-order valence-corrected chi connectivity index (χ4v) is 2.94. The van der Waals surface area contributed by atoms with E-state index < -0.39 is 0 Å². The minimum absolute atomic E-state index is 0.133. The molecule has 2 aromatic rings. The molecule has 0 unspecified atom stereocenters. The van der Waals surface area contributed by atoms with Gasteiger partial charge in [-0.05, 0) is 35.7 Å². The molecule has 2 rings (SSSR count). The van der Waals surface area contributed by atoms with Crippen LogP contribution in [0.3, 0.4) is 0 Å². The summed E-state index contributed by atoms with van der Waals surface area (Å²) in [5.41, 5.74) is 0.703. The van der Waals surface area contributed by atoms with Crippen LogP contribution in [0.4, 0.5) is 5.69 Å². The first-order valence-electron chi connectivity index (χ1n) is 6.43. The molecule has 0 fully saturated rings. The molecule has 0 saturated carbocycles. The molecule has 1 heterocycles. The third-order valence-electron chi connectivity index (χ3n) is 2.54. The van der Waals surface area contributed by atoms with E-state index in [1.165, 1.54) is 30.0 Å². The smallest absolute Gasteiger partial charge is 0.267 e. The second kappa shape index (κ2) is 7.77. The van der Waals surface area contributed by atoms with Gasteiger partial charge in [-0.15, -0.1) is 23.1 Å². The van der Waals surface area contributed by atoms with Crippen LogP contribution in [0.2, 0.25) is 0 Å². The Morgan fingerprint density at radius 3 is 2.45 bits per heavy atom. The molecule has 0 spiro atoms. The number of amides is 3. The quantitative estimate of drug-likeness (QED) is 0.825. The highest BCUT2D eigenvalue weighted by Gasteiger charge is 2.11. The Hall–Kier alpha value is -2.12. The van der Waals surface area contributed by atoms with Gasteiger partial charge in [-0.25, -0.2) is 0 Å². The Balaban J connectivity index is 1.81. The van der Waals surface area contributed by atoms with Gasteiger partial charge in [0.1, 0.15) is 0 Å². The second-order valence-corrected chi connectivity index (χ2v) is 6.35. The van der Waals surface area contributed by atoms with E-state index in [-0.39, 0.29) is 23.5 Å². The Morgan fingerprint density at radius 1 is 1.14 bits per heavy atom. The molecule has 0 radical (unpaired) electrons. The van der Waals surface area contributed by atoms with Gasteiger partial charge in [-0.2, -0.15) is 0 Å². The van der Waals surface area contributed by atoms with Crippen molar-refractivity contribution in [3.8, 4) is 0 Å². The van der Waals surface area contributed by atoms with Crippen LogP contribution in [0.5, 0.6) is 0 Å². The summed E-state index contributed by atoms with van der Waals surface area (Å²) < 4.78 is 0. The number of hydrogen-bond acceptors (Lipinski definition) is 5. The molecule has 2 N–H and O–H groups in total. The van der Waals surface area contributed by atoms with E-state index in [9.17, 15) is 14.4 Å². The zero-order valence-electron chi connectivity index (χ0n) is 11.8. The van der Waals surface area contributed by atoms with Crippen LogP contribution >= 0.6 is 23.1 Å². The van der Waals surface area contributed by atoms with Gasteiger partial charge in [0.05, 0.1) is 10.6 Å². The van der Waals surface area contributed by atoms with Crippen molar-refractivity contribution >= 4 is 46.5 Å². The van der Waals surface area contributed by atoms with Gasteiger partial charge in [0.25, 0.3) is 5.91 Å². The lowest BCUT2D eigenvalue weighted by atomic mass is 10.3. The van der Waals surface area contributed by atoms with Crippen molar-refractivity contribution in [3.63, 3.8) is 0 Å². The average molecular weight is 334 g/mol. The number of hydrogen-bond donors (Lipinski definition) is 2. The molecule has 5 nitrogen and oxygen atoms in total. The molecule has 0 atom stereocenters. The van der Waals surface area contributed by atoms with Crippen LogP contribution in [-0.2, 0) is 9.59 Å². The highest BCUT2D eigenvalue weighted by Crippen LogP contribution is 2.20. The number of carbonyl (C=O) groups is 3. The maximum Gasteiger partial charge on any atom is 0.267 e. The van der Waals surface area contributed by atoms with Crippen LogP contribution in [0.15, 0.2) is 46.7 Å². The van der Waals surface area contributed by atoms with Gasteiger partial charge in [-0.1, -0.05) is 6.07 Å². The molecule has 7 heteroatoms. The van der Waals surface area contributed by atoms with Gasteiger partial charge < -0.3 is 5.32 Å². The predicted octanol–water partition coefficient (Wildman–Crippen LogP) is 2.76. The highest BCUT2D eigenvalue weighted by molar-refractivity contribution is 8.00. The van der Waals surface area contributed by atoms with E-state index in [0.717, 1.165) is 4.90 Å². The molecule has 0 saturated heterocycles. The van der Waals surface area contributed by atoms with E-state index in [1.807, 2.05) is 12.1 Å². The van der Waals surface area contributed by atoms with E-state index >= 15 is 0 Å². The summed E-state index contributed by atoms with van der Waals surface area (Å²) in [5.74, 6) is -0.695. The summed E-state index contributed by atoms with van der Waals surface area (Å²) >= 11 is 2.61. The van der Waals surface area contributed by atoms with E-state index in [2.05, 4.69) is 10.6 Å². The SMILES string of the molecule is CC(=O)Nc1ccc(SCC(=O)NC(=O)c2cccs2)cc1. The third-order valence-corrected chi connectivity index (χ3v) is 4.42. The number of thioether (sulfide) groups is 1. The lowest BCUT2D eigenvalue weighted by Crippen LogP contribution is -2.31. The normalized spacial score (nSPS) is 10.0. The fraction of sp³-hybridized carbons (Fsp3) is 0.133. The van der Waals surface area contributed by atoms with Crippen molar-refractivity contribution in [1.82, 2.24) is 5.32 Å². The Labute approximate surface area is 136 Å². The molecule has 0 aliphatic heterocycles. The van der Waals surface area contributed by atoms with E-state index in [4.69, 9.17) is 0 Å². The zero-order valence-corrected chi connectivity index (χ0v) is 13.4. The van der Waals surface area contributed by atoms with Gasteiger partial charge in [0, 0.05) is 17.5 Å². The first kappa shape index (κ1) is 16.3. The van der Waals surface area contributed by atoms with Crippen molar-refractivity contribution in [2.24, 2.45) is 0 Å². The van der Waals surface area contributed by atoms with E-state index in [1.54, 1.807) is 29.6 Å². The highest BCUT2D eigenvalue weighted by atomic mass is 32.2. The number of rotatable bonds is 5. The van der Waals surface area contributed by atoms with Gasteiger partial charge in [0.2, 0.25) is 11.8 Å². The number of nitrogens with one attached hydrogen (secondary N) is 2. The minimum Gasteiger partial charge on any atom is -0.326 e. The Bertz CT molecular complexity index is 667. The monoisotopic (exact) mass is 334 g/mol. The number of anilines is 1. The maximum absolute atomic E-state index is 11.7. The molecule has 0 aliphatic rings. The number of imide groups is 1. The van der Waals surface area contributed by atoms with Crippen molar-refractivity contribution in [1.29, 1.82) is 0 Å². The Kier molecular flexibility index (Phi) is 5.74. The molecular weight excluding hydrogens is 320 g/mol. The summed E-state index contributed by atoms with van der Waals surface area (Å²) in [4.78, 5) is 35.7. The standard InChI is InChI=1S/C15H14N2O3S2/c1-10(18)16-11-4-6-12(7-5-11)22-9-14(19)17-15(20)13-3-2-8-21-13/h2-8H,9H2,1H3,(H,16,18)(H,17,19,20). The number of carbonyl (C=O) groups excluding carboxylic acids is 3. The van der Waals surface area contributed by atoms with Crippen LogP contribution in [0.25, 0.3) is 0 Å². The van der Waals surface area contributed by atoms with Crippen LogP contribution < -0.4 is 10.6 Å².